The van der Waals surface area contributed by atoms with Gasteiger partial charge in [0.1, 0.15) is 0 Å². The zero-order valence-electron chi connectivity index (χ0n) is 30.5. The minimum atomic E-state index is 0.936. The number of para-hydroxylation sites is 1. The van der Waals surface area contributed by atoms with Crippen molar-refractivity contribution in [3.05, 3.63) is 181 Å². The summed E-state index contributed by atoms with van der Waals surface area (Å²) >= 11 is 0. The number of aromatic nitrogens is 3. The molecular formula is C53H33N3. The number of benzene rings is 8. The van der Waals surface area contributed by atoms with Crippen LogP contribution < -0.4 is 0 Å². The van der Waals surface area contributed by atoms with Crippen LogP contribution in [0.3, 0.4) is 0 Å². The summed E-state index contributed by atoms with van der Waals surface area (Å²) in [6.45, 7) is 0. The van der Waals surface area contributed by atoms with Crippen LogP contribution in [0.25, 0.3) is 115 Å². The van der Waals surface area contributed by atoms with E-state index < -0.39 is 0 Å². The zero-order chi connectivity index (χ0) is 36.7. The summed E-state index contributed by atoms with van der Waals surface area (Å²) in [6.07, 6.45) is 10.4. The van der Waals surface area contributed by atoms with Crippen LogP contribution in [0.15, 0.2) is 170 Å². The highest BCUT2D eigenvalue weighted by molar-refractivity contribution is 6.24. The van der Waals surface area contributed by atoms with Gasteiger partial charge in [0.15, 0.2) is 0 Å². The summed E-state index contributed by atoms with van der Waals surface area (Å²) in [6, 6.07) is 55.3. The Kier molecular flexibility index (Phi) is 6.75. The van der Waals surface area contributed by atoms with Crippen LogP contribution in [0.5, 0.6) is 0 Å². The van der Waals surface area contributed by atoms with Gasteiger partial charge in [0.05, 0.1) is 22.2 Å². The minimum Gasteiger partial charge on any atom is -0.254 e. The van der Waals surface area contributed by atoms with Gasteiger partial charge in [-0.1, -0.05) is 127 Å². The minimum absolute atomic E-state index is 0.936. The topological polar surface area (TPSA) is 38.7 Å². The molecule has 0 unspecified atom stereocenters. The molecule has 0 atom stereocenters. The summed E-state index contributed by atoms with van der Waals surface area (Å²) in [5, 5.41) is 13.6. The first-order valence-electron chi connectivity index (χ1n) is 19.4. The van der Waals surface area contributed by atoms with Gasteiger partial charge < -0.3 is 0 Å². The molecule has 0 amide bonds. The molecule has 3 aromatic heterocycles. The number of hydrogen-bond donors (Lipinski definition) is 0. The number of hydrogen-bond acceptors (Lipinski definition) is 3. The molecule has 3 heterocycles. The van der Waals surface area contributed by atoms with E-state index in [0.717, 1.165) is 51.4 Å². The number of aryl methyl sites for hydroxylation is 1. The molecule has 8 aromatic carbocycles. The normalized spacial score (nSPS) is 12.8. The number of nitrogens with zero attached hydrogens (tertiary/aromatic N) is 3. The number of fused-ring (bicyclic) bond motifs is 14. The summed E-state index contributed by atoms with van der Waals surface area (Å²) in [5.41, 5.74) is 12.6. The summed E-state index contributed by atoms with van der Waals surface area (Å²) in [7, 11) is 0. The molecule has 0 aliphatic heterocycles. The molecular weight excluding hydrogens is 679 g/mol. The van der Waals surface area contributed by atoms with E-state index in [0.29, 0.717) is 0 Å². The van der Waals surface area contributed by atoms with Crippen molar-refractivity contribution in [1.29, 1.82) is 0 Å². The quantitative estimate of drug-likeness (QED) is 0.171. The van der Waals surface area contributed by atoms with Gasteiger partial charge in [-0.15, -0.1) is 0 Å². The molecule has 56 heavy (non-hydrogen) atoms. The van der Waals surface area contributed by atoms with E-state index in [4.69, 9.17) is 9.97 Å². The first-order chi connectivity index (χ1) is 27.8. The third-order valence-electron chi connectivity index (χ3n) is 12.0. The van der Waals surface area contributed by atoms with Crippen LogP contribution >= 0.6 is 0 Å². The van der Waals surface area contributed by atoms with Crippen LogP contribution in [-0.4, -0.2) is 15.0 Å². The van der Waals surface area contributed by atoms with Crippen molar-refractivity contribution in [1.82, 2.24) is 15.0 Å². The molecule has 0 saturated carbocycles. The van der Waals surface area contributed by atoms with Gasteiger partial charge in [-0.2, -0.15) is 0 Å². The average molecular weight is 712 g/mol. The summed E-state index contributed by atoms with van der Waals surface area (Å²) < 4.78 is 0. The maximum Gasteiger partial charge on any atom is 0.0970 e. The second-order valence-electron chi connectivity index (χ2n) is 15.0. The van der Waals surface area contributed by atoms with E-state index in [9.17, 15) is 0 Å². The Morgan fingerprint density at radius 3 is 1.93 bits per heavy atom. The lowest BCUT2D eigenvalue weighted by molar-refractivity contribution is 1.00. The molecule has 0 spiro atoms. The lowest BCUT2D eigenvalue weighted by atomic mass is 9.84. The van der Waals surface area contributed by atoms with Gasteiger partial charge in [0.2, 0.25) is 0 Å². The molecule has 0 N–H and O–H groups in total. The van der Waals surface area contributed by atoms with Crippen LogP contribution in [-0.2, 0) is 6.42 Å². The van der Waals surface area contributed by atoms with Gasteiger partial charge >= 0.3 is 0 Å². The van der Waals surface area contributed by atoms with E-state index in [1.807, 2.05) is 24.5 Å². The molecule has 12 rings (SSSR count). The van der Waals surface area contributed by atoms with E-state index >= 15 is 0 Å². The predicted molar refractivity (Wildman–Crippen MR) is 236 cm³/mol. The Bertz CT molecular complexity index is 3470. The van der Waals surface area contributed by atoms with Crippen molar-refractivity contribution in [2.24, 2.45) is 0 Å². The Morgan fingerprint density at radius 1 is 0.429 bits per heavy atom. The van der Waals surface area contributed by atoms with Gasteiger partial charge in [-0.05, 0) is 120 Å². The monoisotopic (exact) mass is 711 g/mol. The molecule has 0 saturated heterocycles. The molecule has 0 fully saturated rings. The van der Waals surface area contributed by atoms with E-state index in [1.165, 1.54) is 81.9 Å². The van der Waals surface area contributed by atoms with Crippen molar-refractivity contribution < 1.29 is 0 Å². The number of allylic oxidation sites excluding steroid dienone is 1. The van der Waals surface area contributed by atoms with Crippen molar-refractivity contribution in [2.75, 3.05) is 0 Å². The highest BCUT2D eigenvalue weighted by Crippen LogP contribution is 2.44. The van der Waals surface area contributed by atoms with E-state index in [1.54, 1.807) is 0 Å². The van der Waals surface area contributed by atoms with Gasteiger partial charge in [-0.25, -0.2) is 4.98 Å². The van der Waals surface area contributed by atoms with Gasteiger partial charge in [0.25, 0.3) is 0 Å². The van der Waals surface area contributed by atoms with E-state index in [-0.39, 0.29) is 0 Å². The van der Waals surface area contributed by atoms with Crippen LogP contribution in [0.4, 0.5) is 0 Å². The summed E-state index contributed by atoms with van der Waals surface area (Å²) in [5.74, 6) is 0. The van der Waals surface area contributed by atoms with Crippen LogP contribution in [0, 0.1) is 0 Å². The first-order valence-corrected chi connectivity index (χ1v) is 19.4. The lowest BCUT2D eigenvalue weighted by Crippen LogP contribution is -2.01. The molecule has 0 bridgehead atoms. The van der Waals surface area contributed by atoms with Crippen LogP contribution in [0.2, 0.25) is 0 Å². The average Bonchev–Trinajstić information content (AvgIpc) is 3.28. The van der Waals surface area contributed by atoms with E-state index in [2.05, 4.69) is 157 Å². The Morgan fingerprint density at radius 2 is 1.09 bits per heavy atom. The van der Waals surface area contributed by atoms with Crippen molar-refractivity contribution in [2.45, 2.75) is 12.8 Å². The third-order valence-corrected chi connectivity index (χ3v) is 12.0. The maximum absolute atomic E-state index is 5.37. The Balaban J connectivity index is 0.952. The molecule has 1 aliphatic carbocycles. The fraction of sp³-hybridized carbons (Fsp3) is 0.0377. The molecule has 3 heteroatoms. The highest BCUT2D eigenvalue weighted by Gasteiger charge is 2.21. The Hall–Kier alpha value is -7.23. The van der Waals surface area contributed by atoms with Gasteiger partial charge in [-0.3, -0.25) is 9.97 Å². The highest BCUT2D eigenvalue weighted by atomic mass is 14.7. The number of rotatable bonds is 3. The first kappa shape index (κ1) is 31.2. The van der Waals surface area contributed by atoms with Crippen molar-refractivity contribution in [3.63, 3.8) is 0 Å². The smallest absolute Gasteiger partial charge is 0.0970 e. The number of pyridine rings is 3. The lowest BCUT2D eigenvalue weighted by Gasteiger charge is -2.21. The van der Waals surface area contributed by atoms with Gasteiger partial charge in [0, 0.05) is 39.5 Å². The van der Waals surface area contributed by atoms with Crippen LogP contribution in [0.1, 0.15) is 17.5 Å². The molecule has 1 aliphatic rings. The zero-order valence-corrected chi connectivity index (χ0v) is 30.5. The second kappa shape index (κ2) is 12.1. The summed E-state index contributed by atoms with van der Waals surface area (Å²) in [4.78, 5) is 14.8. The predicted octanol–water partition coefficient (Wildman–Crippen LogP) is 13.9. The molecule has 11 aromatic rings. The largest absolute Gasteiger partial charge is 0.254 e. The SMILES string of the molecule is C1=Cc2c(c3c4ccccc4nc(-c4ccc(-c5ccc6c(ccc7cc(-c8cc9cccnc9c9ncccc89)ccc76)c5)cc4)c3c3ccccc23)CC1. The van der Waals surface area contributed by atoms with Crippen molar-refractivity contribution in [3.8, 4) is 33.5 Å². The van der Waals surface area contributed by atoms with Crippen molar-refractivity contribution >= 4 is 81.9 Å². The third kappa shape index (κ3) is 4.67. The molecule has 0 radical (unpaired) electrons. The Labute approximate surface area is 323 Å². The second-order valence-corrected chi connectivity index (χ2v) is 15.0. The molecule has 3 nitrogen and oxygen atoms in total. The molecule has 260 valence electrons. The fourth-order valence-electron chi connectivity index (χ4n) is 9.36. The fourth-order valence-corrected chi connectivity index (χ4v) is 9.36. The maximum atomic E-state index is 5.37. The standard InChI is InChI=1S/C53H33N3/c1-3-12-43-41(10-1)42-11-2-4-13-44(42)50-49(43)46-14-5-6-16-48(46)56-51(50)33-19-17-32(18-20-33)34-23-25-39-35(29-34)21-22-36-30-37(24-26-40(36)39)47-31-38-9-7-27-54-52(38)53-45(47)15-8-28-55-53/h1-2,4-11,13-31H,3,12H2.